The number of rotatable bonds is 3. The second-order valence-electron chi connectivity index (χ2n) is 1.90. The molecule has 0 aromatic heterocycles. The van der Waals surface area contributed by atoms with Crippen molar-refractivity contribution in [1.82, 2.24) is 0 Å². The van der Waals surface area contributed by atoms with E-state index in [1.54, 1.807) is 0 Å². The molecule has 1 saturated heterocycles. The Kier molecular flexibility index (Phi) is 2.06. The molecule has 1 aliphatic rings. The first kappa shape index (κ1) is 5.79. The zero-order valence-electron chi connectivity index (χ0n) is 4.84. The summed E-state index contributed by atoms with van der Waals surface area (Å²) in [7, 11) is 0. The van der Waals surface area contributed by atoms with E-state index in [4.69, 9.17) is 10.5 Å². The SMILES string of the molecule is NCC=CCC1CO1. The molecular formula is C6H11NO. The zero-order valence-corrected chi connectivity index (χ0v) is 4.84. The third-order valence-corrected chi connectivity index (χ3v) is 1.10. The van der Waals surface area contributed by atoms with Gasteiger partial charge in [0.2, 0.25) is 0 Å². The fourth-order valence-electron chi connectivity index (χ4n) is 0.548. The molecule has 1 unspecified atom stereocenters. The molecular weight excluding hydrogens is 102 g/mol. The molecule has 8 heavy (non-hydrogen) atoms. The highest BCUT2D eigenvalue weighted by molar-refractivity contribution is 4.88. The van der Waals surface area contributed by atoms with E-state index < -0.39 is 0 Å². The molecule has 0 aliphatic carbocycles. The molecule has 0 aromatic rings. The van der Waals surface area contributed by atoms with Gasteiger partial charge in [-0.15, -0.1) is 0 Å². The molecule has 0 spiro atoms. The van der Waals surface area contributed by atoms with Gasteiger partial charge in [-0.1, -0.05) is 12.2 Å². The Hall–Kier alpha value is -0.340. The van der Waals surface area contributed by atoms with Crippen LogP contribution in [0.1, 0.15) is 6.42 Å². The van der Waals surface area contributed by atoms with Crippen molar-refractivity contribution in [2.24, 2.45) is 5.73 Å². The summed E-state index contributed by atoms with van der Waals surface area (Å²) >= 11 is 0. The fourth-order valence-corrected chi connectivity index (χ4v) is 0.548. The van der Waals surface area contributed by atoms with Crippen LogP contribution in [0.3, 0.4) is 0 Å². The van der Waals surface area contributed by atoms with Crippen molar-refractivity contribution in [1.29, 1.82) is 0 Å². The molecule has 2 heteroatoms. The van der Waals surface area contributed by atoms with Crippen LogP contribution in [0.2, 0.25) is 0 Å². The van der Waals surface area contributed by atoms with Crippen molar-refractivity contribution in [2.45, 2.75) is 12.5 Å². The predicted molar refractivity (Wildman–Crippen MR) is 32.6 cm³/mol. The number of ether oxygens (including phenoxy) is 1. The van der Waals surface area contributed by atoms with Gasteiger partial charge in [0.25, 0.3) is 0 Å². The van der Waals surface area contributed by atoms with Crippen LogP contribution in [0, 0.1) is 0 Å². The highest BCUT2D eigenvalue weighted by atomic mass is 16.6. The fraction of sp³-hybridized carbons (Fsp3) is 0.667. The van der Waals surface area contributed by atoms with Crippen molar-refractivity contribution < 1.29 is 4.74 Å². The third kappa shape index (κ3) is 2.09. The summed E-state index contributed by atoms with van der Waals surface area (Å²) in [5.41, 5.74) is 5.21. The van der Waals surface area contributed by atoms with Crippen molar-refractivity contribution in [2.75, 3.05) is 13.2 Å². The second-order valence-corrected chi connectivity index (χ2v) is 1.90. The zero-order chi connectivity index (χ0) is 5.82. The molecule has 0 bridgehead atoms. The van der Waals surface area contributed by atoms with Gasteiger partial charge in [0.1, 0.15) is 0 Å². The van der Waals surface area contributed by atoms with Crippen LogP contribution < -0.4 is 5.73 Å². The maximum absolute atomic E-state index is 5.21. The topological polar surface area (TPSA) is 38.5 Å². The molecule has 0 radical (unpaired) electrons. The highest BCUT2D eigenvalue weighted by Gasteiger charge is 2.19. The van der Waals surface area contributed by atoms with Crippen LogP contribution in [-0.2, 0) is 4.74 Å². The van der Waals surface area contributed by atoms with Gasteiger partial charge in [0.15, 0.2) is 0 Å². The van der Waals surface area contributed by atoms with Gasteiger partial charge in [0, 0.05) is 6.54 Å². The Labute approximate surface area is 49.3 Å². The van der Waals surface area contributed by atoms with Crippen LogP contribution in [-0.4, -0.2) is 19.3 Å². The van der Waals surface area contributed by atoms with E-state index in [0.717, 1.165) is 13.0 Å². The van der Waals surface area contributed by atoms with Crippen molar-refractivity contribution in [3.8, 4) is 0 Å². The van der Waals surface area contributed by atoms with E-state index in [2.05, 4.69) is 6.08 Å². The minimum atomic E-state index is 0.512. The highest BCUT2D eigenvalue weighted by Crippen LogP contribution is 2.12. The van der Waals surface area contributed by atoms with Gasteiger partial charge in [-0.05, 0) is 6.42 Å². The minimum absolute atomic E-state index is 0.512. The van der Waals surface area contributed by atoms with E-state index in [9.17, 15) is 0 Å². The van der Waals surface area contributed by atoms with E-state index in [1.807, 2.05) is 6.08 Å². The molecule has 0 saturated carbocycles. The lowest BCUT2D eigenvalue weighted by molar-refractivity contribution is 0.410. The van der Waals surface area contributed by atoms with Crippen molar-refractivity contribution in [3.63, 3.8) is 0 Å². The first-order chi connectivity index (χ1) is 3.93. The first-order valence-electron chi connectivity index (χ1n) is 2.90. The minimum Gasteiger partial charge on any atom is -0.373 e. The summed E-state index contributed by atoms with van der Waals surface area (Å²) < 4.78 is 4.96. The van der Waals surface area contributed by atoms with Crippen LogP contribution in [0.25, 0.3) is 0 Å². The van der Waals surface area contributed by atoms with Crippen LogP contribution in [0.15, 0.2) is 12.2 Å². The second kappa shape index (κ2) is 2.84. The lowest BCUT2D eigenvalue weighted by atomic mass is 10.3. The molecule has 1 fully saturated rings. The summed E-state index contributed by atoms with van der Waals surface area (Å²) in [4.78, 5) is 0. The maximum Gasteiger partial charge on any atom is 0.0844 e. The smallest absolute Gasteiger partial charge is 0.0844 e. The number of epoxide rings is 1. The molecule has 1 heterocycles. The van der Waals surface area contributed by atoms with E-state index in [1.165, 1.54) is 0 Å². The molecule has 1 atom stereocenters. The van der Waals surface area contributed by atoms with Gasteiger partial charge in [0.05, 0.1) is 12.7 Å². The van der Waals surface area contributed by atoms with Crippen molar-refractivity contribution in [3.05, 3.63) is 12.2 Å². The number of nitrogens with two attached hydrogens (primary N) is 1. The van der Waals surface area contributed by atoms with Crippen molar-refractivity contribution >= 4 is 0 Å². The summed E-state index contributed by atoms with van der Waals surface area (Å²) in [6.07, 6.45) is 5.58. The average molecular weight is 113 g/mol. The number of hydrogen-bond acceptors (Lipinski definition) is 2. The third-order valence-electron chi connectivity index (χ3n) is 1.10. The Morgan fingerprint density at radius 3 is 2.88 bits per heavy atom. The molecule has 1 rings (SSSR count). The largest absolute Gasteiger partial charge is 0.373 e. The lowest BCUT2D eigenvalue weighted by Gasteiger charge is -1.80. The molecule has 2 N–H and O–H groups in total. The lowest BCUT2D eigenvalue weighted by Crippen LogP contribution is -1.92. The quantitative estimate of drug-likeness (QED) is 0.422. The van der Waals surface area contributed by atoms with Gasteiger partial charge >= 0.3 is 0 Å². The Morgan fingerprint density at radius 2 is 2.38 bits per heavy atom. The first-order valence-corrected chi connectivity index (χ1v) is 2.90. The summed E-state index contributed by atoms with van der Waals surface area (Å²) in [6, 6.07) is 0. The molecule has 0 aromatic carbocycles. The molecule has 46 valence electrons. The standard InChI is InChI=1S/C6H11NO/c7-4-2-1-3-6-5-8-6/h1-2,6H,3-5,7H2. The molecule has 0 amide bonds. The van der Waals surface area contributed by atoms with Gasteiger partial charge < -0.3 is 10.5 Å². The Morgan fingerprint density at radius 1 is 1.62 bits per heavy atom. The predicted octanol–water partition coefficient (Wildman–Crippen LogP) is 0.290. The molecule has 1 aliphatic heterocycles. The van der Waals surface area contributed by atoms with Gasteiger partial charge in [-0.3, -0.25) is 0 Å². The van der Waals surface area contributed by atoms with E-state index >= 15 is 0 Å². The van der Waals surface area contributed by atoms with Gasteiger partial charge in [-0.2, -0.15) is 0 Å². The van der Waals surface area contributed by atoms with Crippen LogP contribution >= 0.6 is 0 Å². The average Bonchev–Trinajstić information content (AvgIpc) is 2.51. The van der Waals surface area contributed by atoms with E-state index in [0.29, 0.717) is 12.6 Å². The van der Waals surface area contributed by atoms with E-state index in [-0.39, 0.29) is 0 Å². The maximum atomic E-state index is 5.21. The summed E-state index contributed by atoms with van der Waals surface area (Å²) in [5, 5.41) is 0. The summed E-state index contributed by atoms with van der Waals surface area (Å²) in [6.45, 7) is 1.58. The summed E-state index contributed by atoms with van der Waals surface area (Å²) in [5.74, 6) is 0. The Bertz CT molecular complexity index is 86.5. The van der Waals surface area contributed by atoms with Crippen LogP contribution in [0.4, 0.5) is 0 Å². The monoisotopic (exact) mass is 113 g/mol. The molecule has 2 nitrogen and oxygen atoms in total. The normalized spacial score (nSPS) is 26.9. The number of hydrogen-bond donors (Lipinski definition) is 1. The van der Waals surface area contributed by atoms with Gasteiger partial charge in [-0.25, -0.2) is 0 Å². The Balaban J connectivity index is 1.93. The van der Waals surface area contributed by atoms with Crippen LogP contribution in [0.5, 0.6) is 0 Å².